The van der Waals surface area contributed by atoms with Gasteiger partial charge in [-0.15, -0.1) is 0 Å². The molecule has 1 heterocycles. The number of nitro groups is 1. The van der Waals surface area contributed by atoms with Crippen LogP contribution in [0.5, 0.6) is 0 Å². The van der Waals surface area contributed by atoms with Gasteiger partial charge in [-0.3, -0.25) is 19.8 Å². The fraction of sp³-hybridized carbons (Fsp3) is 0.269. The number of nitro benzene ring substituents is 1. The smallest absolute Gasteiger partial charge is 0.269 e. The Morgan fingerprint density at radius 2 is 1.71 bits per heavy atom. The highest BCUT2D eigenvalue weighted by molar-refractivity contribution is 6.30. The van der Waals surface area contributed by atoms with E-state index < -0.39 is 10.6 Å². The fourth-order valence-electron chi connectivity index (χ4n) is 4.50. The summed E-state index contributed by atoms with van der Waals surface area (Å²) in [7, 11) is 0. The third kappa shape index (κ3) is 3.76. The largest absolute Gasteiger partial charge is 0.396 e. The first-order chi connectivity index (χ1) is 16.4. The summed E-state index contributed by atoms with van der Waals surface area (Å²) < 4.78 is 6.67. The number of fused-ring (bicyclic) bond motifs is 1. The molecule has 34 heavy (non-hydrogen) atoms. The number of hydrogen-bond donors (Lipinski definition) is 1. The lowest BCUT2D eigenvalue weighted by Crippen LogP contribution is -2.47. The normalized spacial score (nSPS) is 20.3. The van der Waals surface area contributed by atoms with E-state index in [0.717, 1.165) is 29.5 Å². The van der Waals surface area contributed by atoms with Crippen molar-refractivity contribution in [3.8, 4) is 0 Å². The molecule has 5 rings (SSSR count). The van der Waals surface area contributed by atoms with Gasteiger partial charge in [0, 0.05) is 45.8 Å². The first-order valence-corrected chi connectivity index (χ1v) is 11.4. The number of aliphatic hydroxyl groups is 1. The minimum Gasteiger partial charge on any atom is -0.396 e. The summed E-state index contributed by atoms with van der Waals surface area (Å²) in [6.07, 6.45) is 1.72. The summed E-state index contributed by atoms with van der Waals surface area (Å²) in [5.41, 5.74) is 1.18. The number of halogens is 1. The summed E-state index contributed by atoms with van der Waals surface area (Å²) >= 11 is 6.17. The SMILES string of the molecule is O=C1c2ccccc2[C@@](OCC2(CO)CC2)(c2ccc(Cl)cc2)N1Cc1ccc([N+](=O)[O-])cc1. The lowest BCUT2D eigenvalue weighted by Gasteiger charge is -2.40. The monoisotopic (exact) mass is 478 g/mol. The molecule has 8 heteroatoms. The summed E-state index contributed by atoms with van der Waals surface area (Å²) in [6, 6.07) is 20.7. The van der Waals surface area contributed by atoms with Gasteiger partial charge in [0.2, 0.25) is 0 Å². The van der Waals surface area contributed by atoms with Gasteiger partial charge in [-0.2, -0.15) is 0 Å². The molecule has 0 spiro atoms. The lowest BCUT2D eigenvalue weighted by molar-refractivity contribution is -0.384. The highest BCUT2D eigenvalue weighted by atomic mass is 35.5. The molecule has 0 radical (unpaired) electrons. The quantitative estimate of drug-likeness (QED) is 0.367. The maximum Gasteiger partial charge on any atom is 0.269 e. The van der Waals surface area contributed by atoms with Crippen molar-refractivity contribution in [2.24, 2.45) is 5.41 Å². The molecule has 1 aliphatic carbocycles. The van der Waals surface area contributed by atoms with Crippen LogP contribution < -0.4 is 0 Å². The fourth-order valence-corrected chi connectivity index (χ4v) is 4.62. The number of benzene rings is 3. The van der Waals surface area contributed by atoms with Gasteiger partial charge in [-0.1, -0.05) is 54.1 Å². The molecule has 1 fully saturated rings. The first kappa shape index (κ1) is 22.5. The van der Waals surface area contributed by atoms with Crippen LogP contribution in [0.25, 0.3) is 0 Å². The van der Waals surface area contributed by atoms with Crippen LogP contribution in [0.2, 0.25) is 5.02 Å². The average Bonchev–Trinajstić information content (AvgIpc) is 3.60. The zero-order valence-corrected chi connectivity index (χ0v) is 19.1. The third-order valence-corrected chi connectivity index (χ3v) is 7.00. The summed E-state index contributed by atoms with van der Waals surface area (Å²) in [6.45, 7) is 0.479. The molecular formula is C26H23ClN2O5. The van der Waals surface area contributed by atoms with Gasteiger partial charge < -0.3 is 9.84 Å². The predicted octanol–water partition coefficient (Wildman–Crippen LogP) is 4.89. The molecule has 1 aliphatic heterocycles. The van der Waals surface area contributed by atoms with Gasteiger partial charge in [-0.25, -0.2) is 0 Å². The van der Waals surface area contributed by atoms with Crippen LogP contribution in [0.15, 0.2) is 72.8 Å². The van der Waals surface area contributed by atoms with E-state index in [1.165, 1.54) is 12.1 Å². The zero-order valence-electron chi connectivity index (χ0n) is 18.3. The topological polar surface area (TPSA) is 92.9 Å². The second-order valence-corrected chi connectivity index (χ2v) is 9.39. The molecule has 2 aliphatic rings. The van der Waals surface area contributed by atoms with Crippen molar-refractivity contribution in [3.63, 3.8) is 0 Å². The van der Waals surface area contributed by atoms with Crippen LogP contribution >= 0.6 is 11.6 Å². The van der Waals surface area contributed by atoms with Gasteiger partial charge in [0.25, 0.3) is 11.6 Å². The van der Waals surface area contributed by atoms with E-state index in [0.29, 0.717) is 10.6 Å². The first-order valence-electron chi connectivity index (χ1n) is 11.0. The number of non-ortho nitro benzene ring substituents is 1. The van der Waals surface area contributed by atoms with E-state index in [1.807, 2.05) is 30.3 Å². The van der Waals surface area contributed by atoms with Crippen LogP contribution in [-0.4, -0.2) is 34.1 Å². The second-order valence-electron chi connectivity index (χ2n) is 8.96. The molecule has 174 valence electrons. The lowest BCUT2D eigenvalue weighted by atomic mass is 9.92. The Kier molecular flexibility index (Phi) is 5.64. The molecule has 3 aromatic carbocycles. The maximum absolute atomic E-state index is 13.7. The maximum atomic E-state index is 13.7. The minimum atomic E-state index is -1.23. The van der Waals surface area contributed by atoms with Gasteiger partial charge in [-0.05, 0) is 36.6 Å². The standard InChI is InChI=1S/C26H23ClN2O5/c27-20-9-7-19(8-10-20)26(34-17-25(16-30)13-14-25)23-4-2-1-3-22(23)24(31)28(26)15-18-5-11-21(12-6-18)29(32)33/h1-12,30H,13-17H2/t26-/m0/s1. The van der Waals surface area contributed by atoms with Crippen LogP contribution in [0.4, 0.5) is 5.69 Å². The molecule has 0 aromatic heterocycles. The van der Waals surface area contributed by atoms with Crippen LogP contribution in [0, 0.1) is 15.5 Å². The van der Waals surface area contributed by atoms with Crippen LogP contribution in [0.3, 0.4) is 0 Å². The summed E-state index contributed by atoms with van der Waals surface area (Å²) in [4.78, 5) is 26.0. The molecule has 0 bridgehead atoms. The number of ether oxygens (including phenoxy) is 1. The molecule has 0 saturated heterocycles. The van der Waals surface area contributed by atoms with E-state index >= 15 is 0 Å². The van der Waals surface area contributed by atoms with E-state index in [1.54, 1.807) is 35.2 Å². The van der Waals surface area contributed by atoms with Crippen molar-refractivity contribution in [3.05, 3.63) is 110 Å². The van der Waals surface area contributed by atoms with Gasteiger partial charge in [0.1, 0.15) is 0 Å². The highest BCUT2D eigenvalue weighted by Crippen LogP contribution is 2.51. The molecular weight excluding hydrogens is 456 g/mol. The average molecular weight is 479 g/mol. The number of aliphatic hydroxyl groups excluding tert-OH is 1. The molecule has 1 saturated carbocycles. The Morgan fingerprint density at radius 3 is 2.32 bits per heavy atom. The zero-order chi connectivity index (χ0) is 23.9. The molecule has 1 N–H and O–H groups in total. The summed E-state index contributed by atoms with van der Waals surface area (Å²) in [5.74, 6) is -0.197. The molecule has 1 atom stereocenters. The Labute approximate surface area is 201 Å². The molecule has 7 nitrogen and oxygen atoms in total. The van der Waals surface area contributed by atoms with Crippen LogP contribution in [-0.2, 0) is 17.0 Å². The number of carbonyl (C=O) groups is 1. The summed E-state index contributed by atoms with van der Waals surface area (Å²) in [5, 5.41) is 21.5. The Morgan fingerprint density at radius 1 is 1.03 bits per heavy atom. The van der Waals surface area contributed by atoms with Crippen molar-refractivity contribution in [2.75, 3.05) is 13.2 Å². The van der Waals surface area contributed by atoms with Crippen LogP contribution in [0.1, 0.15) is 39.9 Å². The minimum absolute atomic E-state index is 0.0152. The molecule has 0 unspecified atom stereocenters. The van der Waals surface area contributed by atoms with Gasteiger partial charge in [0.05, 0.1) is 18.1 Å². The van der Waals surface area contributed by atoms with E-state index in [4.69, 9.17) is 16.3 Å². The Balaban J connectivity index is 1.63. The Bertz CT molecular complexity index is 1240. The Hall–Kier alpha value is -3.26. The number of hydrogen-bond acceptors (Lipinski definition) is 5. The van der Waals surface area contributed by atoms with E-state index in [9.17, 15) is 20.0 Å². The van der Waals surface area contributed by atoms with Crippen molar-refractivity contribution >= 4 is 23.2 Å². The van der Waals surface area contributed by atoms with Gasteiger partial charge >= 0.3 is 0 Å². The van der Waals surface area contributed by atoms with E-state index in [-0.39, 0.29) is 36.8 Å². The number of nitrogens with zero attached hydrogens (tertiary/aromatic N) is 2. The molecule has 1 amide bonds. The number of amides is 1. The van der Waals surface area contributed by atoms with E-state index in [2.05, 4.69) is 0 Å². The predicted molar refractivity (Wildman–Crippen MR) is 126 cm³/mol. The molecule has 3 aromatic rings. The second kappa shape index (κ2) is 8.51. The number of rotatable bonds is 8. The highest BCUT2D eigenvalue weighted by Gasteiger charge is 2.54. The number of carbonyl (C=O) groups excluding carboxylic acids is 1. The van der Waals surface area contributed by atoms with Gasteiger partial charge in [0.15, 0.2) is 5.72 Å². The van der Waals surface area contributed by atoms with Crippen molar-refractivity contribution in [2.45, 2.75) is 25.1 Å². The third-order valence-electron chi connectivity index (χ3n) is 6.75. The van der Waals surface area contributed by atoms with Crippen molar-refractivity contribution in [1.29, 1.82) is 0 Å². The van der Waals surface area contributed by atoms with Crippen molar-refractivity contribution in [1.82, 2.24) is 4.90 Å². The van der Waals surface area contributed by atoms with Crippen molar-refractivity contribution < 1.29 is 19.6 Å².